The first-order valence-electron chi connectivity index (χ1n) is 5.75. The monoisotopic (exact) mass is 245 g/mol. The molecule has 2 amide bonds. The van der Waals surface area contributed by atoms with Crippen LogP contribution in [0.2, 0.25) is 0 Å². The topological polar surface area (TPSA) is 75.6 Å². The highest BCUT2D eigenvalue weighted by Gasteiger charge is 2.29. The second kappa shape index (κ2) is 5.46. The summed E-state index contributed by atoms with van der Waals surface area (Å²) in [6.07, 6.45) is 0.729. The van der Waals surface area contributed by atoms with E-state index in [2.05, 4.69) is 5.32 Å². The van der Waals surface area contributed by atoms with Gasteiger partial charge in [-0.05, 0) is 12.8 Å². The fourth-order valence-electron chi connectivity index (χ4n) is 1.72. The Hall–Kier alpha value is -1.14. The number of amides is 2. The molecule has 1 rings (SSSR count). The Balaban J connectivity index is 2.33. The zero-order valence-electron chi connectivity index (χ0n) is 10.6. The SMILES string of the molecule is C[N+](C)(C)C(=O)C[C@@H]1CC[C@@H](NC(=O)O)CO1. The minimum Gasteiger partial charge on any atom is -0.465 e. The summed E-state index contributed by atoms with van der Waals surface area (Å²) in [6.45, 7) is 0.349. The van der Waals surface area contributed by atoms with Crippen LogP contribution in [0, 0.1) is 0 Å². The zero-order chi connectivity index (χ0) is 13.1. The van der Waals surface area contributed by atoms with Crippen molar-refractivity contribution in [1.29, 1.82) is 0 Å². The van der Waals surface area contributed by atoms with Crippen LogP contribution in [0.5, 0.6) is 0 Å². The molecule has 0 spiro atoms. The Morgan fingerprint density at radius 1 is 1.35 bits per heavy atom. The van der Waals surface area contributed by atoms with E-state index in [0.29, 0.717) is 13.0 Å². The van der Waals surface area contributed by atoms with Gasteiger partial charge in [0.05, 0.1) is 46.3 Å². The van der Waals surface area contributed by atoms with E-state index in [9.17, 15) is 9.59 Å². The minimum absolute atomic E-state index is 0.0771. The van der Waals surface area contributed by atoms with Crippen LogP contribution in [0.25, 0.3) is 0 Å². The van der Waals surface area contributed by atoms with Crippen LogP contribution < -0.4 is 5.32 Å². The zero-order valence-corrected chi connectivity index (χ0v) is 10.6. The van der Waals surface area contributed by atoms with Crippen molar-refractivity contribution in [2.45, 2.75) is 31.4 Å². The molecule has 1 aliphatic heterocycles. The average Bonchev–Trinajstić information content (AvgIpc) is 2.18. The number of rotatable bonds is 3. The van der Waals surface area contributed by atoms with Crippen LogP contribution in [0.1, 0.15) is 19.3 Å². The van der Waals surface area contributed by atoms with Gasteiger partial charge in [0.15, 0.2) is 0 Å². The van der Waals surface area contributed by atoms with Gasteiger partial charge in [-0.1, -0.05) is 0 Å². The molecule has 17 heavy (non-hydrogen) atoms. The molecule has 1 saturated heterocycles. The van der Waals surface area contributed by atoms with Gasteiger partial charge in [0, 0.05) is 0 Å². The van der Waals surface area contributed by atoms with Crippen molar-refractivity contribution in [2.75, 3.05) is 27.7 Å². The van der Waals surface area contributed by atoms with Gasteiger partial charge in [0.2, 0.25) is 0 Å². The van der Waals surface area contributed by atoms with E-state index < -0.39 is 6.09 Å². The van der Waals surface area contributed by atoms with E-state index in [4.69, 9.17) is 9.84 Å². The second-order valence-corrected chi connectivity index (χ2v) is 5.29. The van der Waals surface area contributed by atoms with Gasteiger partial charge in [0.1, 0.15) is 0 Å². The summed E-state index contributed by atoms with van der Waals surface area (Å²) in [6, 6.07) is -0.150. The third-order valence-electron chi connectivity index (χ3n) is 2.85. The third kappa shape index (κ3) is 4.70. The molecular formula is C11H21N2O4+. The van der Waals surface area contributed by atoms with E-state index in [1.54, 1.807) is 0 Å². The predicted octanol–water partition coefficient (Wildman–Crippen LogP) is 0.425. The Morgan fingerprint density at radius 3 is 2.41 bits per heavy atom. The molecule has 6 heteroatoms. The molecule has 0 aromatic heterocycles. The van der Waals surface area contributed by atoms with Crippen LogP contribution in [0.15, 0.2) is 0 Å². The molecule has 0 aliphatic carbocycles. The standard InChI is InChI=1S/C11H20N2O4/c1-13(2,3)10(14)6-9-5-4-8(7-17-9)12-11(15)16/h8-9,12H,4-7H2,1-3H3/p+1/t8-,9+/m1/s1. The summed E-state index contributed by atoms with van der Waals surface area (Å²) < 4.78 is 5.79. The summed E-state index contributed by atoms with van der Waals surface area (Å²) in [5.41, 5.74) is 0. The van der Waals surface area contributed by atoms with Crippen LogP contribution in [-0.2, 0) is 9.53 Å². The van der Waals surface area contributed by atoms with Crippen molar-refractivity contribution in [2.24, 2.45) is 0 Å². The fourth-order valence-corrected chi connectivity index (χ4v) is 1.72. The van der Waals surface area contributed by atoms with Crippen molar-refractivity contribution in [3.05, 3.63) is 0 Å². The molecule has 1 aliphatic rings. The van der Waals surface area contributed by atoms with Gasteiger partial charge >= 0.3 is 12.0 Å². The number of nitrogens with zero attached hydrogens (tertiary/aromatic N) is 1. The predicted molar refractivity (Wildman–Crippen MR) is 61.6 cm³/mol. The molecule has 0 radical (unpaired) electrons. The van der Waals surface area contributed by atoms with Gasteiger partial charge in [-0.3, -0.25) is 4.48 Å². The normalized spacial score (nSPS) is 25.4. The molecule has 0 aromatic carbocycles. The molecule has 98 valence electrons. The highest BCUT2D eigenvalue weighted by molar-refractivity contribution is 5.69. The number of carbonyl (C=O) groups excluding carboxylic acids is 1. The Bertz CT molecular complexity index is 290. The smallest absolute Gasteiger partial charge is 0.404 e. The number of ether oxygens (including phenoxy) is 1. The third-order valence-corrected chi connectivity index (χ3v) is 2.85. The van der Waals surface area contributed by atoms with Crippen LogP contribution in [0.3, 0.4) is 0 Å². The lowest BCUT2D eigenvalue weighted by molar-refractivity contribution is -0.792. The van der Waals surface area contributed by atoms with Gasteiger partial charge in [0.25, 0.3) is 0 Å². The summed E-state index contributed by atoms with van der Waals surface area (Å²) in [7, 11) is 5.50. The van der Waals surface area contributed by atoms with Gasteiger partial charge < -0.3 is 15.2 Å². The lowest BCUT2D eigenvalue weighted by Gasteiger charge is -2.30. The summed E-state index contributed by atoms with van der Waals surface area (Å²) in [5, 5.41) is 10.9. The minimum atomic E-state index is -1.03. The maximum atomic E-state index is 11.8. The molecule has 0 saturated carbocycles. The Morgan fingerprint density at radius 2 is 2.00 bits per heavy atom. The van der Waals surface area contributed by atoms with Crippen molar-refractivity contribution < 1.29 is 23.9 Å². The maximum Gasteiger partial charge on any atom is 0.404 e. The molecule has 1 fully saturated rings. The van der Waals surface area contributed by atoms with Crippen LogP contribution >= 0.6 is 0 Å². The first-order chi connectivity index (χ1) is 7.79. The quantitative estimate of drug-likeness (QED) is 0.707. The summed E-state index contributed by atoms with van der Waals surface area (Å²) in [5.74, 6) is 0.125. The van der Waals surface area contributed by atoms with E-state index in [1.165, 1.54) is 0 Å². The molecule has 2 atom stereocenters. The summed E-state index contributed by atoms with van der Waals surface area (Å²) in [4.78, 5) is 22.2. The Labute approximate surface area is 101 Å². The first-order valence-corrected chi connectivity index (χ1v) is 5.75. The molecule has 0 aromatic rings. The number of nitrogens with one attached hydrogen (secondary N) is 1. The second-order valence-electron chi connectivity index (χ2n) is 5.29. The molecule has 6 nitrogen and oxygen atoms in total. The van der Waals surface area contributed by atoms with Gasteiger partial charge in [-0.2, -0.15) is 0 Å². The maximum absolute atomic E-state index is 11.8. The first kappa shape index (κ1) is 13.9. The van der Waals surface area contributed by atoms with Crippen molar-refractivity contribution in [3.63, 3.8) is 0 Å². The number of carboxylic acid groups (broad SMARTS) is 1. The Kier molecular flexibility index (Phi) is 4.47. The van der Waals surface area contributed by atoms with E-state index in [0.717, 1.165) is 12.8 Å². The fraction of sp³-hybridized carbons (Fsp3) is 0.818. The van der Waals surface area contributed by atoms with E-state index in [1.807, 2.05) is 21.1 Å². The van der Waals surface area contributed by atoms with Crippen LogP contribution in [-0.4, -0.2) is 61.5 Å². The lowest BCUT2D eigenvalue weighted by Crippen LogP contribution is -2.46. The average molecular weight is 245 g/mol. The molecule has 0 unspecified atom stereocenters. The number of hydrogen-bond donors (Lipinski definition) is 2. The van der Waals surface area contributed by atoms with Crippen molar-refractivity contribution in [3.8, 4) is 0 Å². The lowest BCUT2D eigenvalue weighted by atomic mass is 10.0. The number of hydrogen-bond acceptors (Lipinski definition) is 3. The molecule has 1 heterocycles. The highest BCUT2D eigenvalue weighted by Crippen LogP contribution is 2.17. The van der Waals surface area contributed by atoms with E-state index in [-0.39, 0.29) is 22.5 Å². The molecular weight excluding hydrogens is 224 g/mol. The summed E-state index contributed by atoms with van der Waals surface area (Å²) >= 11 is 0. The molecule has 2 N–H and O–H groups in total. The van der Waals surface area contributed by atoms with E-state index >= 15 is 0 Å². The largest absolute Gasteiger partial charge is 0.465 e. The van der Waals surface area contributed by atoms with Crippen molar-refractivity contribution >= 4 is 12.0 Å². The van der Waals surface area contributed by atoms with Crippen LogP contribution in [0.4, 0.5) is 4.79 Å². The number of quaternary nitrogens is 1. The number of carbonyl (C=O) groups is 2. The van der Waals surface area contributed by atoms with Gasteiger partial charge in [-0.25, -0.2) is 9.59 Å². The highest BCUT2D eigenvalue weighted by atomic mass is 16.5. The van der Waals surface area contributed by atoms with Crippen molar-refractivity contribution in [1.82, 2.24) is 5.32 Å². The van der Waals surface area contributed by atoms with Gasteiger partial charge in [-0.15, -0.1) is 0 Å². The molecule has 0 bridgehead atoms.